The van der Waals surface area contributed by atoms with Crippen molar-refractivity contribution in [1.82, 2.24) is 0 Å². The number of nitrogens with zero attached hydrogens (tertiary/aromatic N) is 2. The molecule has 0 aromatic heterocycles. The Morgan fingerprint density at radius 1 is 1.04 bits per heavy atom. The number of ether oxygens (including phenoxy) is 1. The largest absolute Gasteiger partial charge is 0.673 e. The maximum Gasteiger partial charge on any atom is 0.673 e. The number of carbonyl (C=O) groups is 1. The molecule has 2 aromatic carbocycles. The quantitative estimate of drug-likeness (QED) is 0.191. The van der Waals surface area contributed by atoms with E-state index in [1.54, 1.807) is 30.3 Å². The molecule has 0 radical (unpaired) electrons. The zero-order chi connectivity index (χ0) is 18.9. The number of esters is 1. The van der Waals surface area contributed by atoms with Gasteiger partial charge >= 0.3 is 18.9 Å². The van der Waals surface area contributed by atoms with Crippen LogP contribution in [0.15, 0.2) is 54.6 Å². The summed E-state index contributed by atoms with van der Waals surface area (Å²) in [6.45, 7) is 0. The van der Waals surface area contributed by atoms with Crippen LogP contribution in [0.4, 0.5) is 23.0 Å². The zero-order valence-corrected chi connectivity index (χ0v) is 13.1. The summed E-state index contributed by atoms with van der Waals surface area (Å²) in [5.41, 5.74) is 2.18. The monoisotopic (exact) mass is 352 g/mol. The summed E-state index contributed by atoms with van der Waals surface area (Å²) in [4.78, 5) is 15.1. The second-order valence-corrected chi connectivity index (χ2v) is 4.57. The van der Waals surface area contributed by atoms with Crippen LogP contribution < -0.4 is 0 Å². The van der Waals surface area contributed by atoms with E-state index in [9.17, 15) is 22.1 Å². The molecular formula is C16H13BF4N2O2. The standard InChI is InChI=1S/C16H13N2O2.BF4/c1-20-16(19)14(12-7-3-2-4-8-12)11-13-9-5-6-10-15(13)18-17;2-1(3,4)5/h2-11H,1H3;/q+1;-1/b14-11+;. The third kappa shape index (κ3) is 7.31. The topological polar surface area (TPSA) is 54.5 Å². The van der Waals surface area contributed by atoms with Crippen molar-refractivity contribution in [2.45, 2.75) is 0 Å². The van der Waals surface area contributed by atoms with Crippen molar-refractivity contribution in [2.75, 3.05) is 7.11 Å². The molecule has 4 nitrogen and oxygen atoms in total. The Bertz CT molecular complexity index is 781. The van der Waals surface area contributed by atoms with Crippen molar-refractivity contribution in [3.63, 3.8) is 0 Å². The third-order valence-corrected chi connectivity index (χ3v) is 2.83. The highest BCUT2D eigenvalue weighted by Crippen LogP contribution is 2.25. The lowest BCUT2D eigenvalue weighted by atomic mass is 10.0. The van der Waals surface area contributed by atoms with Crippen LogP contribution in [0, 0.1) is 5.39 Å². The van der Waals surface area contributed by atoms with E-state index in [2.05, 4.69) is 4.98 Å². The van der Waals surface area contributed by atoms with Gasteiger partial charge in [-0.05, 0) is 17.7 Å². The highest BCUT2D eigenvalue weighted by Gasteiger charge is 2.20. The fourth-order valence-electron chi connectivity index (χ4n) is 1.84. The first-order chi connectivity index (χ1) is 11.8. The number of benzene rings is 2. The summed E-state index contributed by atoms with van der Waals surface area (Å²) >= 11 is 0. The van der Waals surface area contributed by atoms with Crippen LogP contribution in [0.2, 0.25) is 0 Å². The molecule has 130 valence electrons. The van der Waals surface area contributed by atoms with Crippen molar-refractivity contribution in [3.05, 3.63) is 70.7 Å². The first kappa shape index (κ1) is 19.9. The Labute approximate surface area is 141 Å². The van der Waals surface area contributed by atoms with Gasteiger partial charge in [0.25, 0.3) is 0 Å². The van der Waals surface area contributed by atoms with Gasteiger partial charge in [0.15, 0.2) is 4.98 Å². The van der Waals surface area contributed by atoms with Crippen molar-refractivity contribution in [1.29, 1.82) is 5.39 Å². The number of rotatable bonds is 3. The summed E-state index contributed by atoms with van der Waals surface area (Å²) in [6.07, 6.45) is 1.65. The Kier molecular flexibility index (Phi) is 7.34. The highest BCUT2D eigenvalue weighted by molar-refractivity contribution is 6.50. The number of diazo groups is 1. The van der Waals surface area contributed by atoms with Gasteiger partial charge in [-0.3, -0.25) is 0 Å². The maximum atomic E-state index is 11.9. The van der Waals surface area contributed by atoms with Crippen molar-refractivity contribution < 1.29 is 26.8 Å². The molecule has 0 heterocycles. The molecule has 25 heavy (non-hydrogen) atoms. The molecule has 0 bridgehead atoms. The van der Waals surface area contributed by atoms with Gasteiger partial charge in [-0.1, -0.05) is 42.5 Å². The Morgan fingerprint density at radius 2 is 1.56 bits per heavy atom. The lowest BCUT2D eigenvalue weighted by molar-refractivity contribution is -0.133. The molecule has 0 saturated heterocycles. The number of hydrogen-bond acceptors (Lipinski definition) is 3. The van der Waals surface area contributed by atoms with Gasteiger partial charge in [0.05, 0.1) is 18.2 Å². The fourth-order valence-corrected chi connectivity index (χ4v) is 1.84. The first-order valence-electron chi connectivity index (χ1n) is 6.93. The zero-order valence-electron chi connectivity index (χ0n) is 13.1. The molecule has 2 aromatic rings. The van der Waals surface area contributed by atoms with Crippen LogP contribution in [-0.4, -0.2) is 20.3 Å². The number of halogens is 4. The molecule has 0 aliphatic carbocycles. The van der Waals surface area contributed by atoms with Crippen LogP contribution >= 0.6 is 0 Å². The molecule has 0 spiro atoms. The molecule has 9 heteroatoms. The first-order valence-corrected chi connectivity index (χ1v) is 6.93. The average molecular weight is 352 g/mol. The average Bonchev–Trinajstić information content (AvgIpc) is 2.58. The van der Waals surface area contributed by atoms with Gasteiger partial charge in [0.2, 0.25) is 5.39 Å². The Balaban J connectivity index is 0.000000550. The molecule has 0 unspecified atom stereocenters. The van der Waals surface area contributed by atoms with Crippen LogP contribution in [0.1, 0.15) is 11.1 Å². The van der Waals surface area contributed by atoms with Crippen LogP contribution in [0.5, 0.6) is 0 Å². The summed E-state index contributed by atoms with van der Waals surface area (Å²) in [6, 6.07) is 16.2. The maximum absolute atomic E-state index is 11.9. The molecule has 0 saturated carbocycles. The van der Waals surface area contributed by atoms with E-state index in [0.717, 1.165) is 5.56 Å². The molecule has 0 amide bonds. The smallest absolute Gasteiger partial charge is 0.465 e. The predicted octanol–water partition coefficient (Wildman–Crippen LogP) is 5.18. The number of methoxy groups -OCH3 is 1. The summed E-state index contributed by atoms with van der Waals surface area (Å²) in [5.74, 6) is -0.441. The van der Waals surface area contributed by atoms with E-state index >= 15 is 0 Å². The Hall–Kier alpha value is -3.15. The van der Waals surface area contributed by atoms with E-state index in [4.69, 9.17) is 10.1 Å². The molecule has 0 aliphatic heterocycles. The van der Waals surface area contributed by atoms with E-state index < -0.39 is 13.2 Å². The fraction of sp³-hybridized carbons (Fsp3) is 0.0625. The van der Waals surface area contributed by atoms with Crippen molar-refractivity contribution in [2.24, 2.45) is 0 Å². The molecule has 0 fully saturated rings. The molecule has 0 atom stereocenters. The van der Waals surface area contributed by atoms with Gasteiger partial charge in [-0.2, -0.15) is 0 Å². The Morgan fingerprint density at radius 3 is 2.08 bits per heavy atom. The minimum absolute atomic E-state index is 0.393. The van der Waals surface area contributed by atoms with Crippen LogP contribution in [-0.2, 0) is 9.53 Å². The minimum Gasteiger partial charge on any atom is -0.465 e. The summed E-state index contributed by atoms with van der Waals surface area (Å²) in [5, 5.41) is 8.98. The second kappa shape index (κ2) is 9.22. The van der Waals surface area contributed by atoms with E-state index in [1.807, 2.05) is 30.3 Å². The predicted molar refractivity (Wildman–Crippen MR) is 87.7 cm³/mol. The van der Waals surface area contributed by atoms with E-state index in [0.29, 0.717) is 16.8 Å². The number of hydrogen-bond donors (Lipinski definition) is 0. The minimum atomic E-state index is -6.00. The van der Waals surface area contributed by atoms with Gasteiger partial charge < -0.3 is 22.0 Å². The molecule has 0 N–H and O–H groups in total. The van der Waals surface area contributed by atoms with Crippen LogP contribution in [0.25, 0.3) is 16.6 Å². The third-order valence-electron chi connectivity index (χ3n) is 2.83. The lowest BCUT2D eigenvalue weighted by Crippen LogP contribution is -2.03. The van der Waals surface area contributed by atoms with Gasteiger partial charge in [0.1, 0.15) is 0 Å². The van der Waals surface area contributed by atoms with Crippen LogP contribution in [0.3, 0.4) is 0 Å². The normalized spacial score (nSPS) is 11.0. The van der Waals surface area contributed by atoms with Crippen molar-refractivity contribution >= 4 is 30.6 Å². The van der Waals surface area contributed by atoms with Gasteiger partial charge in [-0.25, -0.2) is 4.79 Å². The van der Waals surface area contributed by atoms with E-state index in [1.165, 1.54) is 7.11 Å². The SMILES string of the molecule is COC(=O)/C(=C/c1ccccc1[N+]#N)c1ccccc1.F[B-](F)(F)F. The second-order valence-electron chi connectivity index (χ2n) is 4.57. The molecular weight excluding hydrogens is 339 g/mol. The molecule has 0 aliphatic rings. The lowest BCUT2D eigenvalue weighted by Gasteiger charge is -2.05. The summed E-state index contributed by atoms with van der Waals surface area (Å²) < 4.78 is 43.8. The van der Waals surface area contributed by atoms with Gasteiger partial charge in [-0.15, -0.1) is 0 Å². The highest BCUT2D eigenvalue weighted by atomic mass is 19.5. The van der Waals surface area contributed by atoms with Crippen molar-refractivity contribution in [3.8, 4) is 0 Å². The molecule has 2 rings (SSSR count). The number of carbonyl (C=O) groups excluding carboxylic acids is 1. The van der Waals surface area contributed by atoms with E-state index in [-0.39, 0.29) is 0 Å². The summed E-state index contributed by atoms with van der Waals surface area (Å²) in [7, 11) is -4.67. The van der Waals surface area contributed by atoms with Gasteiger partial charge in [0, 0.05) is 6.07 Å².